The fourth-order valence-electron chi connectivity index (χ4n) is 3.28. The summed E-state index contributed by atoms with van der Waals surface area (Å²) in [5.41, 5.74) is 2.38. The van der Waals surface area contributed by atoms with Crippen LogP contribution in [0.3, 0.4) is 0 Å². The number of carbonyl (C=O) groups is 2. The highest BCUT2D eigenvalue weighted by Gasteiger charge is 2.29. The normalized spacial score (nSPS) is 17.0. The lowest BCUT2D eigenvalue weighted by atomic mass is 9.96. The van der Waals surface area contributed by atoms with Crippen LogP contribution in [0.15, 0.2) is 22.9 Å². The molecule has 0 aliphatic carbocycles. The topological polar surface area (TPSA) is 88.3 Å². The van der Waals surface area contributed by atoms with Gasteiger partial charge in [-0.3, -0.25) is 9.59 Å². The number of nitrogens with one attached hydrogen (secondary N) is 1. The maximum absolute atomic E-state index is 12.6. The van der Waals surface area contributed by atoms with Crippen LogP contribution in [0.25, 0.3) is 0 Å². The third kappa shape index (κ3) is 4.66. The van der Waals surface area contributed by atoms with Crippen LogP contribution >= 0.6 is 11.6 Å². The maximum Gasteiger partial charge on any atom is 0.230 e. The van der Waals surface area contributed by atoms with Crippen molar-refractivity contribution >= 4 is 29.2 Å². The summed E-state index contributed by atoms with van der Waals surface area (Å²) in [5.74, 6) is 0.263. The minimum atomic E-state index is -0.231. The maximum atomic E-state index is 12.6. The number of amides is 2. The number of aromatic nitrogens is 2. The molecule has 1 fully saturated rings. The van der Waals surface area contributed by atoms with Gasteiger partial charge < -0.3 is 14.7 Å². The van der Waals surface area contributed by atoms with Crippen LogP contribution < -0.4 is 5.32 Å². The zero-order chi connectivity index (χ0) is 19.4. The smallest absolute Gasteiger partial charge is 0.230 e. The fraction of sp³-hybridized carbons (Fsp3) is 0.474. The second-order valence-electron chi connectivity index (χ2n) is 6.86. The van der Waals surface area contributed by atoms with Crippen LogP contribution in [-0.2, 0) is 16.0 Å². The Morgan fingerprint density at radius 2 is 2.22 bits per heavy atom. The van der Waals surface area contributed by atoms with Crippen molar-refractivity contribution in [2.75, 3.05) is 18.4 Å². The molecule has 1 saturated heterocycles. The molecule has 3 rings (SSSR count). The summed E-state index contributed by atoms with van der Waals surface area (Å²) in [6.45, 7) is 4.79. The van der Waals surface area contributed by atoms with E-state index in [2.05, 4.69) is 15.5 Å². The highest BCUT2D eigenvalue weighted by Crippen LogP contribution is 2.23. The van der Waals surface area contributed by atoms with E-state index in [9.17, 15) is 9.59 Å². The lowest BCUT2D eigenvalue weighted by Crippen LogP contribution is -2.44. The van der Waals surface area contributed by atoms with E-state index in [0.717, 1.165) is 24.0 Å². The Balaban J connectivity index is 1.56. The molecule has 0 radical (unpaired) electrons. The average Bonchev–Trinajstić information content (AvgIpc) is 2.99. The van der Waals surface area contributed by atoms with Crippen molar-refractivity contribution in [3.8, 4) is 0 Å². The third-order valence-corrected chi connectivity index (χ3v) is 5.22. The van der Waals surface area contributed by atoms with E-state index in [4.69, 9.17) is 16.1 Å². The molecule has 0 bridgehead atoms. The summed E-state index contributed by atoms with van der Waals surface area (Å²) in [6.07, 6.45) is 4.01. The Bertz CT molecular complexity index is 817. The van der Waals surface area contributed by atoms with Gasteiger partial charge in [0.1, 0.15) is 5.82 Å². The molecule has 0 aromatic carbocycles. The first kappa shape index (κ1) is 19.4. The van der Waals surface area contributed by atoms with Crippen molar-refractivity contribution in [2.45, 2.75) is 39.5 Å². The fourth-order valence-corrected chi connectivity index (χ4v) is 3.55. The van der Waals surface area contributed by atoms with E-state index in [1.807, 2.05) is 19.1 Å². The molecule has 2 aromatic heterocycles. The van der Waals surface area contributed by atoms with Crippen LogP contribution in [0.5, 0.6) is 0 Å². The van der Waals surface area contributed by atoms with E-state index in [1.165, 1.54) is 0 Å². The number of aryl methyl sites for hydroxylation is 2. The van der Waals surface area contributed by atoms with Gasteiger partial charge in [-0.15, -0.1) is 0 Å². The van der Waals surface area contributed by atoms with Gasteiger partial charge in [-0.2, -0.15) is 0 Å². The number of piperidine rings is 1. The summed E-state index contributed by atoms with van der Waals surface area (Å²) in [7, 11) is 0. The number of pyridine rings is 1. The lowest BCUT2D eigenvalue weighted by Gasteiger charge is -2.32. The van der Waals surface area contributed by atoms with Crippen LogP contribution in [0.1, 0.15) is 36.1 Å². The molecule has 2 aromatic rings. The summed E-state index contributed by atoms with van der Waals surface area (Å²) >= 11 is 5.96. The molecule has 1 N–H and O–H groups in total. The van der Waals surface area contributed by atoms with Gasteiger partial charge in [-0.05, 0) is 56.3 Å². The second-order valence-corrected chi connectivity index (χ2v) is 7.20. The van der Waals surface area contributed by atoms with Gasteiger partial charge >= 0.3 is 0 Å². The van der Waals surface area contributed by atoms with Crippen molar-refractivity contribution in [3.63, 3.8) is 0 Å². The Labute approximate surface area is 163 Å². The number of carbonyl (C=O) groups excluding carboxylic acids is 2. The highest BCUT2D eigenvalue weighted by molar-refractivity contribution is 6.29. The first-order valence-corrected chi connectivity index (χ1v) is 9.44. The van der Waals surface area contributed by atoms with Crippen LogP contribution in [0, 0.1) is 19.8 Å². The van der Waals surface area contributed by atoms with Crippen LogP contribution in [-0.4, -0.2) is 39.9 Å². The first-order valence-electron chi connectivity index (χ1n) is 9.06. The molecule has 1 unspecified atom stereocenters. The van der Waals surface area contributed by atoms with Gasteiger partial charge in [-0.25, -0.2) is 4.98 Å². The number of rotatable bonds is 5. The predicted octanol–water partition coefficient (Wildman–Crippen LogP) is 3.15. The molecule has 2 amide bonds. The zero-order valence-electron chi connectivity index (χ0n) is 15.5. The highest BCUT2D eigenvalue weighted by atomic mass is 35.5. The Morgan fingerprint density at radius 1 is 1.41 bits per heavy atom. The number of likely N-dealkylation sites (tertiary alicyclic amines) is 1. The lowest BCUT2D eigenvalue weighted by molar-refractivity contribution is -0.134. The summed E-state index contributed by atoms with van der Waals surface area (Å²) in [5, 5.41) is 6.92. The molecule has 1 atom stereocenters. The molecular formula is C19H23ClN4O3. The van der Waals surface area contributed by atoms with Gasteiger partial charge in [0.25, 0.3) is 0 Å². The van der Waals surface area contributed by atoms with Crippen LogP contribution in [0.4, 0.5) is 5.82 Å². The van der Waals surface area contributed by atoms with E-state index in [1.54, 1.807) is 18.0 Å². The molecule has 0 saturated carbocycles. The van der Waals surface area contributed by atoms with Crippen molar-refractivity contribution in [1.29, 1.82) is 0 Å². The number of anilines is 1. The van der Waals surface area contributed by atoms with Crippen molar-refractivity contribution in [2.24, 2.45) is 5.92 Å². The van der Waals surface area contributed by atoms with Crippen molar-refractivity contribution in [1.82, 2.24) is 15.0 Å². The van der Waals surface area contributed by atoms with Crippen LogP contribution in [0.2, 0.25) is 5.22 Å². The van der Waals surface area contributed by atoms with Gasteiger partial charge in [0, 0.05) is 31.3 Å². The quantitative estimate of drug-likeness (QED) is 0.847. The van der Waals surface area contributed by atoms with E-state index >= 15 is 0 Å². The largest absolute Gasteiger partial charge is 0.344 e. The first-order chi connectivity index (χ1) is 13.0. The van der Waals surface area contributed by atoms with E-state index in [0.29, 0.717) is 37.4 Å². The van der Waals surface area contributed by atoms with Crippen molar-refractivity contribution < 1.29 is 14.1 Å². The average molecular weight is 391 g/mol. The zero-order valence-corrected chi connectivity index (χ0v) is 16.3. The molecule has 1 aliphatic rings. The Hall–Kier alpha value is -2.41. The summed E-state index contributed by atoms with van der Waals surface area (Å²) in [6, 6.07) is 3.73. The third-order valence-electron chi connectivity index (χ3n) is 4.92. The van der Waals surface area contributed by atoms with Gasteiger partial charge in [-0.1, -0.05) is 11.2 Å². The molecule has 144 valence electrons. The molecule has 27 heavy (non-hydrogen) atoms. The van der Waals surface area contributed by atoms with Crippen molar-refractivity contribution in [3.05, 3.63) is 40.4 Å². The number of nitrogens with zero attached hydrogens (tertiary/aromatic N) is 3. The SMILES string of the molecule is Cc1cccnc1NC(=O)C1CCCN(C(=O)CCc2c(C)noc2Cl)C1. The van der Waals surface area contributed by atoms with Gasteiger partial charge in [0.2, 0.25) is 17.0 Å². The molecule has 8 heteroatoms. The molecule has 0 spiro atoms. The minimum absolute atomic E-state index is 0.0122. The number of halogens is 1. The predicted molar refractivity (Wildman–Crippen MR) is 101 cm³/mol. The second kappa shape index (κ2) is 8.52. The summed E-state index contributed by atoms with van der Waals surface area (Å²) < 4.78 is 4.92. The van der Waals surface area contributed by atoms with Gasteiger partial charge in [0.15, 0.2) is 0 Å². The molecule has 1 aliphatic heterocycles. The molecule has 3 heterocycles. The monoisotopic (exact) mass is 390 g/mol. The standard InChI is InChI=1S/C19H23ClN4O3/c1-12-5-3-9-21-18(12)22-19(26)14-6-4-10-24(11-14)16(25)8-7-15-13(2)23-27-17(15)20/h3,5,9,14H,4,6-8,10-11H2,1-2H3,(H,21,22,26). The van der Waals surface area contributed by atoms with E-state index < -0.39 is 0 Å². The Kier molecular flexibility index (Phi) is 6.11. The number of hydrogen-bond acceptors (Lipinski definition) is 5. The minimum Gasteiger partial charge on any atom is -0.344 e. The Morgan fingerprint density at radius 3 is 2.93 bits per heavy atom. The summed E-state index contributed by atoms with van der Waals surface area (Å²) in [4.78, 5) is 31.1. The number of hydrogen-bond donors (Lipinski definition) is 1. The molecule has 7 nitrogen and oxygen atoms in total. The molecular weight excluding hydrogens is 368 g/mol. The van der Waals surface area contributed by atoms with E-state index in [-0.39, 0.29) is 23.0 Å². The van der Waals surface area contributed by atoms with Gasteiger partial charge in [0.05, 0.1) is 11.6 Å².